The van der Waals surface area contributed by atoms with Gasteiger partial charge in [-0.15, -0.1) is 11.3 Å². The van der Waals surface area contributed by atoms with Crippen LogP contribution >= 0.6 is 11.3 Å². The number of rotatable bonds is 4. The molecule has 1 fully saturated rings. The zero-order valence-corrected chi connectivity index (χ0v) is 15.8. The molecule has 0 atom stereocenters. The second kappa shape index (κ2) is 7.62. The van der Waals surface area contributed by atoms with Gasteiger partial charge in [0.05, 0.1) is 37.5 Å². The molecule has 2 aromatic rings. The molecule has 1 N–H and O–H groups in total. The van der Waals surface area contributed by atoms with Gasteiger partial charge in [0.25, 0.3) is 5.91 Å². The highest BCUT2D eigenvalue weighted by Gasteiger charge is 2.34. The van der Waals surface area contributed by atoms with E-state index in [0.29, 0.717) is 18.7 Å². The van der Waals surface area contributed by atoms with E-state index < -0.39 is 0 Å². The van der Waals surface area contributed by atoms with Crippen LogP contribution in [0.25, 0.3) is 0 Å². The minimum Gasteiger partial charge on any atom is -0.330 e. The summed E-state index contributed by atoms with van der Waals surface area (Å²) < 4.78 is 0. The van der Waals surface area contributed by atoms with Crippen LogP contribution in [0.4, 0.5) is 0 Å². The summed E-state index contributed by atoms with van der Waals surface area (Å²) in [5, 5.41) is 2.08. The molecule has 3 heterocycles. The number of nitrogens with zero attached hydrogens (tertiary/aromatic N) is 2. The minimum absolute atomic E-state index is 0.147. The molecule has 1 saturated heterocycles. The number of quaternary nitrogens is 1. The number of hydrogen-bond acceptors (Lipinski definition) is 4. The van der Waals surface area contributed by atoms with E-state index in [4.69, 9.17) is 0 Å². The Hall–Kier alpha value is -2.51. The number of nitrogens with one attached hydrogen (secondary N) is 1. The summed E-state index contributed by atoms with van der Waals surface area (Å²) in [6, 6.07) is 11.3. The van der Waals surface area contributed by atoms with Gasteiger partial charge < -0.3 is 9.80 Å². The second-order valence-electron chi connectivity index (χ2n) is 7.01. The Morgan fingerprint density at radius 2 is 1.85 bits per heavy atom. The zero-order valence-electron chi connectivity index (χ0n) is 15.0. The van der Waals surface area contributed by atoms with Crippen molar-refractivity contribution >= 4 is 29.1 Å². The fraction of sp³-hybridized carbons (Fsp3) is 0.350. The standard InChI is InChI=1S/C20H21N3O3S/c24-18-12-15-4-1-2-6-17(15)20(26)23(18)14-19(25)22-9-7-21(8-10-22)13-16-5-3-11-27-16/h1-6,11H,7-10,12-14H2/p+1. The summed E-state index contributed by atoms with van der Waals surface area (Å²) in [6.45, 7) is 3.91. The van der Waals surface area contributed by atoms with Crippen LogP contribution in [0.15, 0.2) is 41.8 Å². The molecule has 0 saturated carbocycles. The first kappa shape index (κ1) is 17.9. The monoisotopic (exact) mass is 384 g/mol. The Morgan fingerprint density at radius 1 is 1.07 bits per heavy atom. The van der Waals surface area contributed by atoms with Crippen molar-refractivity contribution in [2.24, 2.45) is 0 Å². The van der Waals surface area contributed by atoms with Crippen LogP contribution in [0.2, 0.25) is 0 Å². The number of carbonyl (C=O) groups is 3. The molecule has 6 nitrogen and oxygen atoms in total. The second-order valence-corrected chi connectivity index (χ2v) is 8.04. The maximum atomic E-state index is 12.7. The average molecular weight is 384 g/mol. The predicted molar refractivity (Wildman–Crippen MR) is 101 cm³/mol. The van der Waals surface area contributed by atoms with Gasteiger partial charge in [0.2, 0.25) is 11.8 Å². The summed E-state index contributed by atoms with van der Waals surface area (Å²) in [4.78, 5) is 43.3. The van der Waals surface area contributed by atoms with E-state index >= 15 is 0 Å². The third kappa shape index (κ3) is 3.79. The molecular formula is C20H22N3O3S+. The van der Waals surface area contributed by atoms with Gasteiger partial charge in [-0.25, -0.2) is 0 Å². The number of thiophene rings is 1. The first-order valence-corrected chi connectivity index (χ1v) is 10.1. The largest absolute Gasteiger partial charge is 0.330 e. The topological polar surface area (TPSA) is 62.1 Å². The summed E-state index contributed by atoms with van der Waals surface area (Å²) in [5.41, 5.74) is 1.26. The highest BCUT2D eigenvalue weighted by molar-refractivity contribution is 7.09. The van der Waals surface area contributed by atoms with Crippen molar-refractivity contribution < 1.29 is 19.3 Å². The number of fused-ring (bicyclic) bond motifs is 1. The quantitative estimate of drug-likeness (QED) is 0.766. The van der Waals surface area contributed by atoms with Crippen LogP contribution in [0.3, 0.4) is 0 Å². The molecule has 27 heavy (non-hydrogen) atoms. The van der Waals surface area contributed by atoms with Crippen LogP contribution in [-0.2, 0) is 22.6 Å². The molecule has 0 unspecified atom stereocenters. The smallest absolute Gasteiger partial charge is 0.261 e. The molecule has 0 radical (unpaired) electrons. The van der Waals surface area contributed by atoms with Gasteiger partial charge in [-0.2, -0.15) is 0 Å². The first-order valence-electron chi connectivity index (χ1n) is 9.18. The number of carbonyl (C=O) groups excluding carboxylic acids is 3. The van der Waals surface area contributed by atoms with Gasteiger partial charge in [-0.3, -0.25) is 19.3 Å². The Morgan fingerprint density at radius 3 is 2.59 bits per heavy atom. The number of benzene rings is 1. The van der Waals surface area contributed by atoms with Gasteiger partial charge in [0, 0.05) is 5.56 Å². The number of hydrogen-bond donors (Lipinski definition) is 1. The van der Waals surface area contributed by atoms with Gasteiger partial charge in [-0.1, -0.05) is 24.3 Å². The molecule has 1 aromatic heterocycles. The van der Waals surface area contributed by atoms with Crippen LogP contribution in [0, 0.1) is 0 Å². The lowest BCUT2D eigenvalue weighted by molar-refractivity contribution is -0.917. The van der Waals surface area contributed by atoms with Crippen LogP contribution < -0.4 is 4.90 Å². The van der Waals surface area contributed by atoms with E-state index in [1.807, 2.05) is 6.07 Å². The number of amides is 3. The van der Waals surface area contributed by atoms with Crippen molar-refractivity contribution in [2.45, 2.75) is 13.0 Å². The molecule has 0 aliphatic carbocycles. The fourth-order valence-corrected chi connectivity index (χ4v) is 4.48. The molecule has 3 amide bonds. The van der Waals surface area contributed by atoms with E-state index in [1.54, 1.807) is 34.4 Å². The third-order valence-corrected chi connectivity index (χ3v) is 6.13. The van der Waals surface area contributed by atoms with E-state index in [-0.39, 0.29) is 30.7 Å². The highest BCUT2D eigenvalue weighted by Crippen LogP contribution is 2.19. The lowest BCUT2D eigenvalue weighted by Gasteiger charge is -2.34. The Balaban J connectivity index is 1.34. The van der Waals surface area contributed by atoms with Crippen molar-refractivity contribution in [2.75, 3.05) is 32.7 Å². The summed E-state index contributed by atoms with van der Waals surface area (Å²) in [7, 11) is 0. The van der Waals surface area contributed by atoms with Gasteiger partial charge >= 0.3 is 0 Å². The van der Waals surface area contributed by atoms with Gasteiger partial charge in [-0.05, 0) is 23.1 Å². The number of imide groups is 1. The van der Waals surface area contributed by atoms with Crippen molar-refractivity contribution in [3.8, 4) is 0 Å². The molecule has 2 aliphatic rings. The van der Waals surface area contributed by atoms with E-state index in [2.05, 4.69) is 17.5 Å². The molecule has 0 bridgehead atoms. The summed E-state index contributed by atoms with van der Waals surface area (Å²) in [6.07, 6.45) is 0.175. The maximum Gasteiger partial charge on any atom is 0.261 e. The van der Waals surface area contributed by atoms with Gasteiger partial charge in [0.1, 0.15) is 13.1 Å². The van der Waals surface area contributed by atoms with Crippen LogP contribution in [-0.4, -0.2) is 60.2 Å². The van der Waals surface area contributed by atoms with Crippen LogP contribution in [0.1, 0.15) is 20.8 Å². The van der Waals surface area contributed by atoms with Crippen molar-refractivity contribution in [1.82, 2.24) is 9.80 Å². The van der Waals surface area contributed by atoms with E-state index in [1.165, 1.54) is 9.78 Å². The molecule has 7 heteroatoms. The lowest BCUT2D eigenvalue weighted by Crippen LogP contribution is -3.13. The molecule has 140 valence electrons. The average Bonchev–Trinajstić information content (AvgIpc) is 3.18. The minimum atomic E-state index is -0.364. The molecule has 1 aromatic carbocycles. The van der Waals surface area contributed by atoms with E-state index in [9.17, 15) is 14.4 Å². The molecule has 4 rings (SSSR count). The third-order valence-electron chi connectivity index (χ3n) is 5.26. The normalized spacial score (nSPS) is 17.9. The van der Waals surface area contributed by atoms with Crippen molar-refractivity contribution in [3.63, 3.8) is 0 Å². The SMILES string of the molecule is O=C(CN1C(=O)Cc2ccccc2C1=O)N1CC[NH+](Cc2cccs2)CC1. The Bertz CT molecular complexity index is 857. The molecule has 0 spiro atoms. The molecular weight excluding hydrogens is 362 g/mol. The van der Waals surface area contributed by atoms with Crippen LogP contribution in [0.5, 0.6) is 0 Å². The zero-order chi connectivity index (χ0) is 18.8. The Labute approximate surface area is 162 Å². The fourth-order valence-electron chi connectivity index (χ4n) is 3.70. The Kier molecular flexibility index (Phi) is 5.05. The number of piperazine rings is 1. The van der Waals surface area contributed by atoms with E-state index in [0.717, 1.165) is 30.1 Å². The molecule has 2 aliphatic heterocycles. The van der Waals surface area contributed by atoms with Gasteiger partial charge in [0.15, 0.2) is 0 Å². The van der Waals surface area contributed by atoms with Crippen molar-refractivity contribution in [1.29, 1.82) is 0 Å². The summed E-state index contributed by atoms with van der Waals surface area (Å²) in [5.74, 6) is -0.808. The highest BCUT2D eigenvalue weighted by atomic mass is 32.1. The first-order chi connectivity index (χ1) is 13.1. The van der Waals surface area contributed by atoms with Crippen molar-refractivity contribution in [3.05, 3.63) is 57.8 Å². The summed E-state index contributed by atoms with van der Waals surface area (Å²) >= 11 is 1.76. The lowest BCUT2D eigenvalue weighted by atomic mass is 9.98. The predicted octanol–water partition coefficient (Wildman–Crippen LogP) is 0.200. The maximum absolute atomic E-state index is 12.7.